The molecule has 0 saturated carbocycles. The van der Waals surface area contributed by atoms with Crippen LogP contribution >= 0.6 is 11.3 Å². The summed E-state index contributed by atoms with van der Waals surface area (Å²) in [5.41, 5.74) is 0.188. The highest BCUT2D eigenvalue weighted by Crippen LogP contribution is 2.28. The normalized spacial score (nSPS) is 27.1. The van der Waals surface area contributed by atoms with Gasteiger partial charge in [0.2, 0.25) is 0 Å². The molecular weight excluding hydrogens is 268 g/mol. The average molecular weight is 294 g/mol. The smallest absolute Gasteiger partial charge is 0.0707 e. The molecule has 1 aromatic heterocycles. The second-order valence-electron chi connectivity index (χ2n) is 7.12. The van der Waals surface area contributed by atoms with Crippen LogP contribution in [0, 0.1) is 0 Å². The van der Waals surface area contributed by atoms with Crippen LogP contribution in [0.4, 0.5) is 0 Å². The van der Waals surface area contributed by atoms with Crippen molar-refractivity contribution in [1.82, 2.24) is 10.2 Å². The molecule has 0 aliphatic carbocycles. The maximum Gasteiger partial charge on any atom is 0.0707 e. The average Bonchev–Trinajstić information content (AvgIpc) is 2.93. The van der Waals surface area contributed by atoms with Crippen LogP contribution in [0.5, 0.6) is 0 Å². The van der Waals surface area contributed by atoms with Crippen molar-refractivity contribution in [3.63, 3.8) is 0 Å². The third-order valence-corrected chi connectivity index (χ3v) is 5.08. The molecule has 2 bridgehead atoms. The minimum atomic E-state index is 0.188. The summed E-state index contributed by atoms with van der Waals surface area (Å²) in [6.45, 7) is 10.9. The van der Waals surface area contributed by atoms with E-state index >= 15 is 0 Å². The van der Waals surface area contributed by atoms with Crippen LogP contribution in [0.1, 0.15) is 43.4 Å². The van der Waals surface area contributed by atoms with Crippen molar-refractivity contribution in [3.05, 3.63) is 21.9 Å². The first-order chi connectivity index (χ1) is 9.48. The Balaban J connectivity index is 1.52. The molecule has 0 spiro atoms. The first kappa shape index (κ1) is 14.5. The van der Waals surface area contributed by atoms with Gasteiger partial charge in [-0.05, 0) is 45.7 Å². The van der Waals surface area contributed by atoms with Crippen LogP contribution in [0.3, 0.4) is 0 Å². The van der Waals surface area contributed by atoms with E-state index in [1.165, 1.54) is 22.6 Å². The molecule has 2 saturated heterocycles. The van der Waals surface area contributed by atoms with Gasteiger partial charge >= 0.3 is 0 Å². The van der Waals surface area contributed by atoms with Crippen molar-refractivity contribution >= 4 is 11.3 Å². The highest BCUT2D eigenvalue weighted by atomic mass is 32.1. The first-order valence-corrected chi connectivity index (χ1v) is 8.50. The predicted molar refractivity (Wildman–Crippen MR) is 84.1 cm³/mol. The molecule has 2 unspecified atom stereocenters. The number of nitrogens with zero attached hydrogens (tertiary/aromatic N) is 1. The van der Waals surface area contributed by atoms with Crippen molar-refractivity contribution in [2.75, 3.05) is 13.1 Å². The molecule has 2 aliphatic rings. The van der Waals surface area contributed by atoms with E-state index in [1.54, 1.807) is 0 Å². The highest BCUT2D eigenvalue weighted by Gasteiger charge is 2.33. The Morgan fingerprint density at radius 1 is 1.20 bits per heavy atom. The second kappa shape index (κ2) is 5.76. The van der Waals surface area contributed by atoms with E-state index in [9.17, 15) is 0 Å². The van der Waals surface area contributed by atoms with Gasteiger partial charge in [0.15, 0.2) is 0 Å². The van der Waals surface area contributed by atoms with Gasteiger partial charge in [-0.2, -0.15) is 0 Å². The summed E-state index contributed by atoms with van der Waals surface area (Å²) < 4.78 is 5.90. The van der Waals surface area contributed by atoms with Crippen molar-refractivity contribution in [2.24, 2.45) is 0 Å². The molecule has 2 aliphatic heterocycles. The second-order valence-corrected chi connectivity index (χ2v) is 8.38. The fraction of sp³-hybridized carbons (Fsp3) is 0.750. The summed E-state index contributed by atoms with van der Waals surface area (Å²) in [6, 6.07) is 4.56. The summed E-state index contributed by atoms with van der Waals surface area (Å²) in [4.78, 5) is 5.49. The Labute approximate surface area is 126 Å². The standard InChI is InChI=1S/C16H26N2OS/c1-16(2,3)17-8-14-6-7-15(20-14)11-18-9-12-4-5-13(10-18)19-12/h6-7,12-13,17H,4-5,8-11H2,1-3H3. The monoisotopic (exact) mass is 294 g/mol. The number of ether oxygens (including phenoxy) is 1. The van der Waals surface area contributed by atoms with Crippen LogP contribution in [-0.4, -0.2) is 35.7 Å². The van der Waals surface area contributed by atoms with E-state index in [0.717, 1.165) is 26.2 Å². The van der Waals surface area contributed by atoms with Crippen molar-refractivity contribution in [2.45, 2.75) is 64.4 Å². The lowest BCUT2D eigenvalue weighted by atomic mass is 10.1. The molecule has 0 amide bonds. The minimum Gasteiger partial charge on any atom is -0.372 e. The van der Waals surface area contributed by atoms with Gasteiger partial charge in [0.05, 0.1) is 12.2 Å². The van der Waals surface area contributed by atoms with Gasteiger partial charge in [-0.15, -0.1) is 11.3 Å². The Bertz CT molecular complexity index is 440. The molecule has 1 N–H and O–H groups in total. The Morgan fingerprint density at radius 3 is 2.50 bits per heavy atom. The van der Waals surface area contributed by atoms with Gasteiger partial charge in [-0.3, -0.25) is 4.90 Å². The minimum absolute atomic E-state index is 0.188. The van der Waals surface area contributed by atoms with E-state index in [0.29, 0.717) is 12.2 Å². The Morgan fingerprint density at radius 2 is 1.85 bits per heavy atom. The number of hydrogen-bond acceptors (Lipinski definition) is 4. The van der Waals surface area contributed by atoms with Gasteiger partial charge in [0.1, 0.15) is 0 Å². The van der Waals surface area contributed by atoms with Crippen molar-refractivity contribution < 1.29 is 4.74 Å². The summed E-state index contributed by atoms with van der Waals surface area (Å²) >= 11 is 1.95. The number of likely N-dealkylation sites (tertiary alicyclic amines) is 1. The molecule has 2 fully saturated rings. The van der Waals surface area contributed by atoms with Gasteiger partial charge in [0.25, 0.3) is 0 Å². The topological polar surface area (TPSA) is 24.5 Å². The van der Waals surface area contributed by atoms with Crippen molar-refractivity contribution in [3.8, 4) is 0 Å². The van der Waals surface area contributed by atoms with E-state index in [4.69, 9.17) is 4.74 Å². The lowest BCUT2D eigenvalue weighted by Crippen LogP contribution is -2.41. The Hall–Kier alpha value is -0.420. The SMILES string of the molecule is CC(C)(C)NCc1ccc(CN2CC3CCC(C2)O3)s1. The lowest BCUT2D eigenvalue weighted by Gasteiger charge is -2.31. The van der Waals surface area contributed by atoms with Gasteiger partial charge in [-0.25, -0.2) is 0 Å². The van der Waals surface area contributed by atoms with E-state index in [2.05, 4.69) is 43.1 Å². The maximum absolute atomic E-state index is 5.90. The summed E-state index contributed by atoms with van der Waals surface area (Å²) in [7, 11) is 0. The molecule has 0 radical (unpaired) electrons. The van der Waals surface area contributed by atoms with E-state index in [1.807, 2.05) is 11.3 Å². The summed E-state index contributed by atoms with van der Waals surface area (Å²) in [5.74, 6) is 0. The van der Waals surface area contributed by atoms with Gasteiger partial charge < -0.3 is 10.1 Å². The molecule has 4 heteroatoms. The van der Waals surface area contributed by atoms with Crippen LogP contribution in [-0.2, 0) is 17.8 Å². The predicted octanol–water partition coefficient (Wildman–Crippen LogP) is 3.00. The van der Waals surface area contributed by atoms with Gasteiger partial charge in [0, 0.05) is 41.5 Å². The highest BCUT2D eigenvalue weighted by molar-refractivity contribution is 7.11. The number of thiophene rings is 1. The fourth-order valence-corrected chi connectivity index (χ4v) is 4.00. The zero-order chi connectivity index (χ0) is 14.2. The molecule has 3 heterocycles. The number of rotatable bonds is 4. The number of fused-ring (bicyclic) bond motifs is 2. The lowest BCUT2D eigenvalue weighted by molar-refractivity contribution is -0.0407. The number of morpholine rings is 1. The maximum atomic E-state index is 5.90. The van der Waals surface area contributed by atoms with Crippen LogP contribution in [0.2, 0.25) is 0 Å². The van der Waals surface area contributed by atoms with Crippen LogP contribution in [0.25, 0.3) is 0 Å². The zero-order valence-electron chi connectivity index (χ0n) is 12.8. The molecule has 1 aromatic rings. The molecule has 112 valence electrons. The molecular formula is C16H26N2OS. The third-order valence-electron chi connectivity index (χ3n) is 4.01. The zero-order valence-corrected chi connectivity index (χ0v) is 13.6. The van der Waals surface area contributed by atoms with Crippen LogP contribution < -0.4 is 5.32 Å². The molecule has 3 nitrogen and oxygen atoms in total. The summed E-state index contributed by atoms with van der Waals surface area (Å²) in [5, 5.41) is 3.56. The first-order valence-electron chi connectivity index (χ1n) is 7.68. The summed E-state index contributed by atoms with van der Waals surface area (Å²) in [6.07, 6.45) is 3.50. The van der Waals surface area contributed by atoms with Crippen LogP contribution in [0.15, 0.2) is 12.1 Å². The molecule has 2 atom stereocenters. The molecule has 20 heavy (non-hydrogen) atoms. The quantitative estimate of drug-likeness (QED) is 0.924. The van der Waals surface area contributed by atoms with Crippen molar-refractivity contribution in [1.29, 1.82) is 0 Å². The van der Waals surface area contributed by atoms with E-state index < -0.39 is 0 Å². The largest absolute Gasteiger partial charge is 0.372 e. The van der Waals surface area contributed by atoms with E-state index in [-0.39, 0.29) is 5.54 Å². The number of hydrogen-bond donors (Lipinski definition) is 1. The Kier molecular flexibility index (Phi) is 4.18. The third kappa shape index (κ3) is 3.82. The van der Waals surface area contributed by atoms with Gasteiger partial charge in [-0.1, -0.05) is 0 Å². The fourth-order valence-electron chi connectivity index (χ4n) is 3.00. The molecule has 0 aromatic carbocycles. The number of nitrogens with one attached hydrogen (secondary N) is 1. The molecule has 3 rings (SSSR count).